The summed E-state index contributed by atoms with van der Waals surface area (Å²) in [5, 5.41) is 12.3. The van der Waals surface area contributed by atoms with Gasteiger partial charge in [0.1, 0.15) is 11.5 Å². The van der Waals surface area contributed by atoms with Gasteiger partial charge in [0.2, 0.25) is 5.91 Å². The van der Waals surface area contributed by atoms with Crippen molar-refractivity contribution in [2.24, 2.45) is 10.4 Å². The number of hydrogen-bond donors (Lipinski definition) is 3. The van der Waals surface area contributed by atoms with E-state index in [0.29, 0.717) is 29.1 Å². The zero-order valence-corrected chi connectivity index (χ0v) is 22.8. The molecular formula is C31H30FN7O. The lowest BCUT2D eigenvalue weighted by molar-refractivity contribution is -0.122. The minimum Gasteiger partial charge on any atom is -0.353 e. The Kier molecular flexibility index (Phi) is 7.13. The Morgan fingerprint density at radius 2 is 1.82 bits per heavy atom. The molecule has 8 nitrogen and oxygen atoms in total. The molecule has 4 aromatic heterocycles. The first-order chi connectivity index (χ1) is 19.1. The third-order valence-electron chi connectivity index (χ3n) is 6.29. The largest absolute Gasteiger partial charge is 0.353 e. The maximum atomic E-state index is 13.5. The molecule has 202 valence electrons. The van der Waals surface area contributed by atoms with Crippen LogP contribution in [-0.2, 0) is 4.79 Å². The maximum absolute atomic E-state index is 13.5. The van der Waals surface area contributed by atoms with Gasteiger partial charge in [-0.3, -0.25) is 24.9 Å². The Balaban J connectivity index is 1.51. The number of aromatic amines is 2. The molecule has 0 saturated heterocycles. The van der Waals surface area contributed by atoms with Gasteiger partial charge in [0, 0.05) is 51.9 Å². The Labute approximate surface area is 231 Å². The molecule has 0 fully saturated rings. The number of hydrogen-bond acceptors (Lipinski definition) is 5. The fourth-order valence-corrected chi connectivity index (χ4v) is 4.59. The number of allylic oxidation sites excluding steroid dienone is 3. The summed E-state index contributed by atoms with van der Waals surface area (Å²) in [4.78, 5) is 29.0. The predicted molar refractivity (Wildman–Crippen MR) is 158 cm³/mol. The number of aromatic nitrogens is 5. The number of fused-ring (bicyclic) bond motifs is 2. The van der Waals surface area contributed by atoms with Gasteiger partial charge >= 0.3 is 0 Å². The van der Waals surface area contributed by atoms with Gasteiger partial charge in [0.15, 0.2) is 0 Å². The Hall–Kier alpha value is -4.92. The van der Waals surface area contributed by atoms with Crippen molar-refractivity contribution in [3.05, 3.63) is 84.3 Å². The second-order valence-corrected chi connectivity index (χ2v) is 10.9. The quantitative estimate of drug-likeness (QED) is 0.157. The molecule has 1 amide bonds. The highest BCUT2D eigenvalue weighted by atomic mass is 19.1. The third-order valence-corrected chi connectivity index (χ3v) is 6.29. The lowest BCUT2D eigenvalue weighted by atomic mass is 9.92. The molecule has 0 aliphatic heterocycles. The second-order valence-electron chi connectivity index (χ2n) is 10.9. The summed E-state index contributed by atoms with van der Waals surface area (Å²) in [6, 6.07) is 12.1. The normalized spacial score (nSPS) is 12.7. The number of halogens is 1. The summed E-state index contributed by atoms with van der Waals surface area (Å²) in [5.41, 5.74) is 6.62. The SMILES string of the molecule is C=N/C=C(\C=C(/C)NC(=O)CC(C)(C)C)c1cc2c(-c3cc4c(-c5ccc(F)cc5)nccc4[nH]3)n[nH]c2cn1. The van der Waals surface area contributed by atoms with Crippen molar-refractivity contribution in [2.45, 2.75) is 34.1 Å². The molecule has 0 bridgehead atoms. The third kappa shape index (κ3) is 5.73. The van der Waals surface area contributed by atoms with E-state index in [2.05, 4.69) is 42.2 Å². The molecule has 0 aliphatic rings. The van der Waals surface area contributed by atoms with Crippen molar-refractivity contribution in [1.29, 1.82) is 0 Å². The van der Waals surface area contributed by atoms with Crippen molar-refractivity contribution < 1.29 is 9.18 Å². The minimum atomic E-state index is -0.296. The van der Waals surface area contributed by atoms with E-state index in [4.69, 9.17) is 0 Å². The number of pyridine rings is 2. The molecule has 40 heavy (non-hydrogen) atoms. The number of carbonyl (C=O) groups excluding carboxylic acids is 1. The average Bonchev–Trinajstić information content (AvgIpc) is 3.51. The van der Waals surface area contributed by atoms with Crippen LogP contribution in [0.4, 0.5) is 4.39 Å². The van der Waals surface area contributed by atoms with E-state index in [1.165, 1.54) is 12.1 Å². The topological polar surface area (TPSA) is 112 Å². The molecule has 0 atom stereocenters. The predicted octanol–water partition coefficient (Wildman–Crippen LogP) is 6.81. The minimum absolute atomic E-state index is 0.0546. The van der Waals surface area contributed by atoms with E-state index in [1.807, 2.05) is 52.0 Å². The standard InChI is InChI=1S/C31H30FN7O/c1-18(36-28(40)15-31(2,3)4)12-20(16-33-5)25-13-23-27(17-35-25)38-39-30(23)26-14-22-24(37-26)10-11-34-29(22)19-6-8-21(32)9-7-19/h6-14,16-17,37H,5,15H2,1-4H3,(H,36,40)(H,38,39)/b18-12+,20-16+. The monoisotopic (exact) mass is 535 g/mol. The van der Waals surface area contributed by atoms with Crippen molar-refractivity contribution in [1.82, 2.24) is 30.5 Å². The van der Waals surface area contributed by atoms with Crippen LogP contribution in [0.15, 0.2) is 77.8 Å². The van der Waals surface area contributed by atoms with Gasteiger partial charge < -0.3 is 10.3 Å². The second kappa shape index (κ2) is 10.7. The van der Waals surface area contributed by atoms with Gasteiger partial charge in [-0.05, 0) is 67.6 Å². The number of benzene rings is 1. The molecule has 0 saturated carbocycles. The lowest BCUT2D eigenvalue weighted by Crippen LogP contribution is -2.26. The average molecular weight is 536 g/mol. The summed E-state index contributed by atoms with van der Waals surface area (Å²) in [6.07, 6.45) is 7.28. The summed E-state index contributed by atoms with van der Waals surface area (Å²) >= 11 is 0. The molecule has 3 N–H and O–H groups in total. The molecule has 0 spiro atoms. The van der Waals surface area contributed by atoms with Gasteiger partial charge in [-0.2, -0.15) is 5.10 Å². The molecule has 1 aromatic carbocycles. The van der Waals surface area contributed by atoms with E-state index in [0.717, 1.165) is 38.8 Å². The summed E-state index contributed by atoms with van der Waals surface area (Å²) in [5.74, 6) is -0.350. The van der Waals surface area contributed by atoms with E-state index < -0.39 is 0 Å². The molecule has 0 unspecified atom stereocenters. The zero-order chi connectivity index (χ0) is 28.4. The highest BCUT2D eigenvalue weighted by Crippen LogP contribution is 2.33. The molecule has 0 aliphatic carbocycles. The van der Waals surface area contributed by atoms with Gasteiger partial charge in [0.05, 0.1) is 28.8 Å². The number of nitrogens with one attached hydrogen (secondary N) is 3. The summed E-state index contributed by atoms with van der Waals surface area (Å²) in [7, 11) is 0. The van der Waals surface area contributed by atoms with Crippen molar-refractivity contribution in [3.63, 3.8) is 0 Å². The van der Waals surface area contributed by atoms with Crippen molar-refractivity contribution in [3.8, 4) is 22.6 Å². The number of rotatable bonds is 7. The van der Waals surface area contributed by atoms with E-state index in [9.17, 15) is 9.18 Å². The smallest absolute Gasteiger partial charge is 0.224 e. The first-order valence-electron chi connectivity index (χ1n) is 12.8. The van der Waals surface area contributed by atoms with Gasteiger partial charge in [-0.15, -0.1) is 0 Å². The molecule has 5 rings (SSSR count). The van der Waals surface area contributed by atoms with Crippen LogP contribution in [0.3, 0.4) is 0 Å². The van der Waals surface area contributed by atoms with E-state index in [1.54, 1.807) is 30.7 Å². The van der Waals surface area contributed by atoms with Gasteiger partial charge in [0.25, 0.3) is 0 Å². The number of amides is 1. The number of carbonyl (C=O) groups is 1. The highest BCUT2D eigenvalue weighted by Gasteiger charge is 2.17. The highest BCUT2D eigenvalue weighted by molar-refractivity contribution is 6.00. The molecular weight excluding hydrogens is 505 g/mol. The van der Waals surface area contributed by atoms with Crippen LogP contribution < -0.4 is 5.32 Å². The fraction of sp³-hybridized carbons (Fsp3) is 0.194. The lowest BCUT2D eigenvalue weighted by Gasteiger charge is -2.17. The fourth-order valence-electron chi connectivity index (χ4n) is 4.59. The van der Waals surface area contributed by atoms with Crippen LogP contribution in [0, 0.1) is 11.2 Å². The van der Waals surface area contributed by atoms with E-state index >= 15 is 0 Å². The Morgan fingerprint density at radius 3 is 2.55 bits per heavy atom. The molecule has 0 radical (unpaired) electrons. The van der Waals surface area contributed by atoms with Crippen LogP contribution in [-0.4, -0.2) is 37.8 Å². The van der Waals surface area contributed by atoms with Crippen molar-refractivity contribution in [2.75, 3.05) is 0 Å². The Morgan fingerprint density at radius 1 is 1.07 bits per heavy atom. The van der Waals surface area contributed by atoms with Gasteiger partial charge in [-0.25, -0.2) is 4.39 Å². The Bertz CT molecular complexity index is 1790. The first kappa shape index (κ1) is 26.7. The first-order valence-corrected chi connectivity index (χ1v) is 12.8. The zero-order valence-electron chi connectivity index (χ0n) is 22.8. The van der Waals surface area contributed by atoms with Crippen LogP contribution in [0.25, 0.3) is 50.0 Å². The number of aliphatic imine (C=N–C) groups is 1. The van der Waals surface area contributed by atoms with Crippen LogP contribution in [0.1, 0.15) is 39.8 Å². The van der Waals surface area contributed by atoms with Crippen LogP contribution >= 0.6 is 0 Å². The van der Waals surface area contributed by atoms with E-state index in [-0.39, 0.29) is 17.1 Å². The van der Waals surface area contributed by atoms with Gasteiger partial charge in [-0.1, -0.05) is 20.8 Å². The summed E-state index contributed by atoms with van der Waals surface area (Å²) < 4.78 is 13.5. The number of H-pyrrole nitrogens is 2. The maximum Gasteiger partial charge on any atom is 0.224 e. The number of nitrogens with zero attached hydrogens (tertiary/aromatic N) is 4. The molecule has 5 aromatic rings. The summed E-state index contributed by atoms with van der Waals surface area (Å²) in [6.45, 7) is 11.5. The van der Waals surface area contributed by atoms with Crippen LogP contribution in [0.5, 0.6) is 0 Å². The van der Waals surface area contributed by atoms with Crippen molar-refractivity contribution >= 4 is 40.0 Å². The van der Waals surface area contributed by atoms with Crippen LogP contribution in [0.2, 0.25) is 0 Å². The molecule has 4 heterocycles. The molecule has 9 heteroatoms.